The van der Waals surface area contributed by atoms with Crippen molar-refractivity contribution in [2.75, 3.05) is 0 Å². The first-order valence-electron chi connectivity index (χ1n) is 6.09. The average molecular weight is 242 g/mol. The molecule has 1 atom stereocenters. The minimum Gasteiger partial charge on any atom is -0.481 e. The maximum absolute atomic E-state index is 11.0. The van der Waals surface area contributed by atoms with Crippen LogP contribution in [0, 0.1) is 5.92 Å². The molecule has 18 heavy (non-hydrogen) atoms. The quantitative estimate of drug-likeness (QED) is 0.877. The first kappa shape index (κ1) is 11.0. The smallest absolute Gasteiger partial charge is 0.306 e. The van der Waals surface area contributed by atoms with E-state index in [0.29, 0.717) is 12.8 Å². The summed E-state index contributed by atoms with van der Waals surface area (Å²) in [6.45, 7) is 0. The third-order valence-electron chi connectivity index (χ3n) is 3.44. The fraction of sp³-hybridized carbons (Fsp3) is 0.286. The Morgan fingerprint density at radius 3 is 2.83 bits per heavy atom. The number of fused-ring (bicyclic) bond motifs is 1. The predicted molar refractivity (Wildman–Crippen MR) is 66.7 cm³/mol. The van der Waals surface area contributed by atoms with Gasteiger partial charge in [-0.1, -0.05) is 18.2 Å². The van der Waals surface area contributed by atoms with E-state index in [4.69, 9.17) is 5.11 Å². The molecule has 0 spiro atoms. The first-order valence-corrected chi connectivity index (χ1v) is 6.09. The number of aromatic nitrogens is 2. The van der Waals surface area contributed by atoms with E-state index in [9.17, 15) is 4.79 Å². The van der Waals surface area contributed by atoms with E-state index in [0.717, 1.165) is 23.4 Å². The third-order valence-corrected chi connectivity index (χ3v) is 3.44. The van der Waals surface area contributed by atoms with Gasteiger partial charge in [0.2, 0.25) is 0 Å². The summed E-state index contributed by atoms with van der Waals surface area (Å²) in [7, 11) is 0. The SMILES string of the molecule is O=C(O)[C@H]1CCc2nn(-c3ccccc3)cc2C1. The summed E-state index contributed by atoms with van der Waals surface area (Å²) >= 11 is 0. The van der Waals surface area contributed by atoms with Crippen LogP contribution in [-0.2, 0) is 17.6 Å². The summed E-state index contributed by atoms with van der Waals surface area (Å²) in [5.41, 5.74) is 3.12. The van der Waals surface area contributed by atoms with Crippen LogP contribution in [0.15, 0.2) is 36.5 Å². The Morgan fingerprint density at radius 2 is 2.11 bits per heavy atom. The highest BCUT2D eigenvalue weighted by Gasteiger charge is 2.26. The summed E-state index contributed by atoms with van der Waals surface area (Å²) in [5.74, 6) is -0.959. The van der Waals surface area contributed by atoms with E-state index in [-0.39, 0.29) is 5.92 Å². The van der Waals surface area contributed by atoms with Gasteiger partial charge in [0.05, 0.1) is 17.3 Å². The van der Waals surface area contributed by atoms with Crippen molar-refractivity contribution >= 4 is 5.97 Å². The predicted octanol–water partition coefficient (Wildman–Crippen LogP) is 2.06. The van der Waals surface area contributed by atoms with Crippen LogP contribution in [0.5, 0.6) is 0 Å². The number of carboxylic acids is 1. The molecular formula is C14H14N2O2. The second-order valence-electron chi connectivity index (χ2n) is 4.66. The number of hydrogen-bond acceptors (Lipinski definition) is 2. The Labute approximate surface area is 105 Å². The Hall–Kier alpha value is -2.10. The average Bonchev–Trinajstić information content (AvgIpc) is 2.82. The van der Waals surface area contributed by atoms with Crippen molar-refractivity contribution in [1.82, 2.24) is 9.78 Å². The van der Waals surface area contributed by atoms with Crippen LogP contribution in [0.2, 0.25) is 0 Å². The molecule has 0 aliphatic heterocycles. The molecule has 1 aliphatic rings. The molecule has 92 valence electrons. The zero-order valence-corrected chi connectivity index (χ0v) is 9.91. The number of aryl methyl sites for hydroxylation is 1. The molecule has 1 aromatic carbocycles. The number of rotatable bonds is 2. The molecule has 0 unspecified atom stereocenters. The van der Waals surface area contributed by atoms with E-state index in [1.807, 2.05) is 41.2 Å². The van der Waals surface area contributed by atoms with Crippen molar-refractivity contribution in [3.05, 3.63) is 47.8 Å². The van der Waals surface area contributed by atoms with Crippen LogP contribution in [0.25, 0.3) is 5.69 Å². The van der Waals surface area contributed by atoms with Gasteiger partial charge in [0.25, 0.3) is 0 Å². The molecular weight excluding hydrogens is 228 g/mol. The molecule has 0 saturated heterocycles. The van der Waals surface area contributed by atoms with Crippen molar-refractivity contribution in [3.63, 3.8) is 0 Å². The maximum atomic E-state index is 11.0. The second kappa shape index (κ2) is 4.29. The molecule has 0 fully saturated rings. The lowest BCUT2D eigenvalue weighted by Crippen LogP contribution is -2.21. The molecule has 0 saturated carbocycles. The zero-order chi connectivity index (χ0) is 12.5. The van der Waals surface area contributed by atoms with Gasteiger partial charge in [0, 0.05) is 6.20 Å². The lowest BCUT2D eigenvalue weighted by atomic mass is 9.88. The van der Waals surface area contributed by atoms with Gasteiger partial charge < -0.3 is 5.11 Å². The van der Waals surface area contributed by atoms with Gasteiger partial charge >= 0.3 is 5.97 Å². The van der Waals surface area contributed by atoms with Crippen LogP contribution in [0.3, 0.4) is 0 Å². The molecule has 1 aromatic heterocycles. The standard InChI is InChI=1S/C14H14N2O2/c17-14(18)10-6-7-13-11(8-10)9-16(15-13)12-4-2-1-3-5-12/h1-5,9-10H,6-8H2,(H,17,18)/t10-/m0/s1. The summed E-state index contributed by atoms with van der Waals surface area (Å²) in [4.78, 5) is 11.0. The summed E-state index contributed by atoms with van der Waals surface area (Å²) in [5, 5.41) is 13.6. The fourth-order valence-electron chi connectivity index (χ4n) is 2.43. The Balaban J connectivity index is 1.92. The Kier molecular flexibility index (Phi) is 2.63. The molecule has 1 heterocycles. The number of carboxylic acid groups (broad SMARTS) is 1. The highest BCUT2D eigenvalue weighted by molar-refractivity contribution is 5.70. The number of hydrogen-bond donors (Lipinski definition) is 1. The lowest BCUT2D eigenvalue weighted by Gasteiger charge is -2.16. The van der Waals surface area contributed by atoms with Gasteiger partial charge in [-0.15, -0.1) is 0 Å². The molecule has 1 aliphatic carbocycles. The highest BCUT2D eigenvalue weighted by atomic mass is 16.4. The van der Waals surface area contributed by atoms with Gasteiger partial charge in [-0.25, -0.2) is 4.68 Å². The minimum atomic E-state index is -0.701. The van der Waals surface area contributed by atoms with E-state index in [1.165, 1.54) is 0 Å². The minimum absolute atomic E-state index is 0.258. The molecule has 0 amide bonds. The first-order chi connectivity index (χ1) is 8.74. The van der Waals surface area contributed by atoms with E-state index >= 15 is 0 Å². The van der Waals surface area contributed by atoms with Crippen molar-refractivity contribution < 1.29 is 9.90 Å². The zero-order valence-electron chi connectivity index (χ0n) is 9.91. The van der Waals surface area contributed by atoms with Crippen molar-refractivity contribution in [2.24, 2.45) is 5.92 Å². The normalized spacial score (nSPS) is 18.3. The van der Waals surface area contributed by atoms with E-state index in [1.54, 1.807) is 0 Å². The summed E-state index contributed by atoms with van der Waals surface area (Å²) < 4.78 is 1.84. The Bertz CT molecular complexity index is 575. The molecule has 2 aromatic rings. The van der Waals surface area contributed by atoms with Gasteiger partial charge in [0.15, 0.2) is 0 Å². The molecule has 1 N–H and O–H groups in total. The highest BCUT2D eigenvalue weighted by Crippen LogP contribution is 2.25. The van der Waals surface area contributed by atoms with Crippen LogP contribution in [0.4, 0.5) is 0 Å². The lowest BCUT2D eigenvalue weighted by molar-refractivity contribution is -0.142. The fourth-order valence-corrected chi connectivity index (χ4v) is 2.43. The maximum Gasteiger partial charge on any atom is 0.306 e. The molecule has 3 rings (SSSR count). The molecule has 4 nitrogen and oxygen atoms in total. The number of aliphatic carboxylic acids is 1. The number of nitrogens with zero attached hydrogens (tertiary/aromatic N) is 2. The van der Waals surface area contributed by atoms with Gasteiger partial charge in [-0.05, 0) is 37.0 Å². The topological polar surface area (TPSA) is 55.1 Å². The number of carbonyl (C=O) groups is 1. The van der Waals surface area contributed by atoms with Crippen molar-refractivity contribution in [1.29, 1.82) is 0 Å². The van der Waals surface area contributed by atoms with Gasteiger partial charge in [0.1, 0.15) is 0 Å². The van der Waals surface area contributed by atoms with Crippen molar-refractivity contribution in [3.8, 4) is 5.69 Å². The van der Waals surface area contributed by atoms with Crippen LogP contribution < -0.4 is 0 Å². The summed E-state index contributed by atoms with van der Waals surface area (Å²) in [6.07, 6.45) is 4.00. The largest absolute Gasteiger partial charge is 0.481 e. The van der Waals surface area contributed by atoms with Crippen LogP contribution in [0.1, 0.15) is 17.7 Å². The van der Waals surface area contributed by atoms with Crippen LogP contribution >= 0.6 is 0 Å². The third kappa shape index (κ3) is 1.90. The van der Waals surface area contributed by atoms with Gasteiger partial charge in [-0.3, -0.25) is 4.79 Å². The van der Waals surface area contributed by atoms with Crippen LogP contribution in [-0.4, -0.2) is 20.9 Å². The monoisotopic (exact) mass is 242 g/mol. The van der Waals surface area contributed by atoms with E-state index in [2.05, 4.69) is 5.10 Å². The van der Waals surface area contributed by atoms with E-state index < -0.39 is 5.97 Å². The molecule has 0 radical (unpaired) electrons. The van der Waals surface area contributed by atoms with Gasteiger partial charge in [-0.2, -0.15) is 5.10 Å². The Morgan fingerprint density at radius 1 is 1.33 bits per heavy atom. The number of para-hydroxylation sites is 1. The molecule has 0 bridgehead atoms. The number of benzene rings is 1. The molecule has 4 heteroatoms. The summed E-state index contributed by atoms with van der Waals surface area (Å²) in [6, 6.07) is 9.89. The van der Waals surface area contributed by atoms with Crippen molar-refractivity contribution in [2.45, 2.75) is 19.3 Å². The second-order valence-corrected chi connectivity index (χ2v) is 4.66.